The lowest BCUT2D eigenvalue weighted by Gasteiger charge is -2.26. The summed E-state index contributed by atoms with van der Waals surface area (Å²) < 4.78 is 18.3. The molecule has 3 aromatic rings. The Morgan fingerprint density at radius 1 is 1.18 bits per heavy atom. The molecule has 1 atom stereocenters. The molecule has 34 heavy (non-hydrogen) atoms. The van der Waals surface area contributed by atoms with Crippen molar-refractivity contribution in [2.75, 3.05) is 20.8 Å². The van der Waals surface area contributed by atoms with Gasteiger partial charge >= 0.3 is 5.97 Å². The molecule has 176 valence electrons. The van der Waals surface area contributed by atoms with Gasteiger partial charge < -0.3 is 19.3 Å². The van der Waals surface area contributed by atoms with E-state index in [-0.39, 0.29) is 23.5 Å². The number of allylic oxidation sites excluding steroid dienone is 1. The summed E-state index contributed by atoms with van der Waals surface area (Å²) in [6.45, 7) is 3.63. The van der Waals surface area contributed by atoms with Crippen LogP contribution in [0.1, 0.15) is 31.0 Å². The van der Waals surface area contributed by atoms with Crippen molar-refractivity contribution in [1.82, 2.24) is 4.57 Å². The number of benzene rings is 2. The average molecular weight is 481 g/mol. The Morgan fingerprint density at radius 2 is 1.91 bits per heavy atom. The van der Waals surface area contributed by atoms with Crippen molar-refractivity contribution < 1.29 is 24.1 Å². The summed E-state index contributed by atoms with van der Waals surface area (Å²) in [4.78, 5) is 31.7. The Hall–Kier alpha value is -3.85. The third kappa shape index (κ3) is 4.22. The van der Waals surface area contributed by atoms with Crippen LogP contribution in [0, 0.1) is 0 Å². The molecule has 0 spiro atoms. The molecule has 1 aromatic heterocycles. The third-order valence-corrected chi connectivity index (χ3v) is 6.42. The first-order valence-electron chi connectivity index (χ1n) is 10.6. The molecule has 8 nitrogen and oxygen atoms in total. The van der Waals surface area contributed by atoms with Crippen LogP contribution in [-0.2, 0) is 9.53 Å². The Bertz CT molecular complexity index is 1450. The van der Waals surface area contributed by atoms with Gasteiger partial charge in [-0.15, -0.1) is 0 Å². The zero-order chi connectivity index (χ0) is 24.4. The maximum atomic E-state index is 13.6. The second-order valence-electron chi connectivity index (χ2n) is 7.50. The Labute approximate surface area is 199 Å². The number of methoxy groups -OCH3 is 2. The highest BCUT2D eigenvalue weighted by Crippen LogP contribution is 2.37. The standard InChI is InChI=1S/C25H24N2O6S/c1-5-33-24(30)21-14(2)26-25-27(22(21)18-13-17(31-3)10-11-19(18)32-4)23(29)20(34-25)12-15-6-8-16(28)9-7-15/h6-13,22,28H,5H2,1-4H3/b20-12-/t22-/m0/s1. The highest BCUT2D eigenvalue weighted by Gasteiger charge is 2.35. The zero-order valence-electron chi connectivity index (χ0n) is 19.2. The molecular weight excluding hydrogens is 456 g/mol. The van der Waals surface area contributed by atoms with E-state index in [4.69, 9.17) is 14.2 Å². The summed E-state index contributed by atoms with van der Waals surface area (Å²) in [6.07, 6.45) is 1.73. The Balaban J connectivity index is 2.01. The van der Waals surface area contributed by atoms with E-state index in [2.05, 4.69) is 4.99 Å². The van der Waals surface area contributed by atoms with Gasteiger partial charge in [-0.1, -0.05) is 23.5 Å². The summed E-state index contributed by atoms with van der Waals surface area (Å²) in [5.41, 5.74) is 1.75. The summed E-state index contributed by atoms with van der Waals surface area (Å²) in [7, 11) is 3.07. The Morgan fingerprint density at radius 3 is 2.56 bits per heavy atom. The summed E-state index contributed by atoms with van der Waals surface area (Å²) >= 11 is 1.22. The topological polar surface area (TPSA) is 99.4 Å². The fraction of sp³-hybridized carbons (Fsp3) is 0.240. The second-order valence-corrected chi connectivity index (χ2v) is 8.51. The predicted molar refractivity (Wildman–Crippen MR) is 128 cm³/mol. The van der Waals surface area contributed by atoms with Crippen LogP contribution in [0.25, 0.3) is 6.08 Å². The molecule has 0 fully saturated rings. The van der Waals surface area contributed by atoms with Gasteiger partial charge in [-0.05, 0) is 55.8 Å². The molecule has 1 aliphatic heterocycles. The maximum Gasteiger partial charge on any atom is 0.338 e. The van der Waals surface area contributed by atoms with Crippen molar-refractivity contribution in [3.8, 4) is 17.2 Å². The van der Waals surface area contributed by atoms with Crippen LogP contribution < -0.4 is 24.4 Å². The first-order valence-corrected chi connectivity index (χ1v) is 11.4. The minimum Gasteiger partial charge on any atom is -0.508 e. The van der Waals surface area contributed by atoms with E-state index in [0.717, 1.165) is 5.56 Å². The highest BCUT2D eigenvalue weighted by atomic mass is 32.1. The van der Waals surface area contributed by atoms with Gasteiger partial charge in [0.2, 0.25) is 0 Å². The van der Waals surface area contributed by atoms with Crippen molar-refractivity contribution in [2.45, 2.75) is 19.9 Å². The van der Waals surface area contributed by atoms with E-state index in [9.17, 15) is 14.7 Å². The fourth-order valence-corrected chi connectivity index (χ4v) is 4.91. The number of esters is 1. The number of carbonyl (C=O) groups excluding carboxylic acids is 1. The fourth-order valence-electron chi connectivity index (χ4n) is 3.86. The minimum absolute atomic E-state index is 0.137. The molecule has 9 heteroatoms. The molecule has 0 unspecified atom stereocenters. The second kappa shape index (κ2) is 9.56. The first-order chi connectivity index (χ1) is 16.4. The molecule has 0 radical (unpaired) electrons. The number of nitrogens with zero attached hydrogens (tertiary/aromatic N) is 2. The minimum atomic E-state index is -0.817. The number of rotatable bonds is 6. The Kier molecular flexibility index (Phi) is 6.56. The van der Waals surface area contributed by atoms with Crippen molar-refractivity contribution in [2.24, 2.45) is 4.99 Å². The van der Waals surface area contributed by atoms with Crippen LogP contribution in [0.2, 0.25) is 0 Å². The van der Waals surface area contributed by atoms with Crippen LogP contribution in [0.3, 0.4) is 0 Å². The van der Waals surface area contributed by atoms with Crippen molar-refractivity contribution >= 4 is 23.4 Å². The van der Waals surface area contributed by atoms with Gasteiger partial charge in [0.05, 0.1) is 36.6 Å². The van der Waals surface area contributed by atoms with Gasteiger partial charge in [0.1, 0.15) is 23.3 Å². The zero-order valence-corrected chi connectivity index (χ0v) is 20.0. The molecule has 2 aromatic carbocycles. The number of ether oxygens (including phenoxy) is 3. The van der Waals surface area contributed by atoms with Crippen molar-refractivity contribution in [1.29, 1.82) is 0 Å². The van der Waals surface area contributed by atoms with E-state index >= 15 is 0 Å². The van der Waals surface area contributed by atoms with Crippen LogP contribution in [0.4, 0.5) is 0 Å². The van der Waals surface area contributed by atoms with Gasteiger partial charge in [-0.3, -0.25) is 9.36 Å². The quantitative estimate of drug-likeness (QED) is 0.545. The molecule has 0 saturated carbocycles. The number of thiazole rings is 1. The molecule has 1 aliphatic rings. The van der Waals surface area contributed by atoms with E-state index in [1.54, 1.807) is 69.5 Å². The van der Waals surface area contributed by atoms with Crippen LogP contribution in [0.5, 0.6) is 17.2 Å². The molecule has 4 rings (SSSR count). The number of phenols is 1. The third-order valence-electron chi connectivity index (χ3n) is 5.44. The first kappa shape index (κ1) is 23.3. The number of hydrogen-bond donors (Lipinski definition) is 1. The van der Waals surface area contributed by atoms with Gasteiger partial charge in [0.25, 0.3) is 5.56 Å². The molecule has 0 amide bonds. The summed E-state index contributed by atoms with van der Waals surface area (Å²) in [5.74, 6) is 0.639. The number of aromatic nitrogens is 1. The van der Waals surface area contributed by atoms with Gasteiger partial charge in [0, 0.05) is 5.56 Å². The van der Waals surface area contributed by atoms with E-state index in [0.29, 0.717) is 32.1 Å². The number of phenolic OH excluding ortho intramolecular Hbond substituents is 1. The van der Waals surface area contributed by atoms with E-state index < -0.39 is 12.0 Å². The number of hydrogen-bond acceptors (Lipinski definition) is 8. The van der Waals surface area contributed by atoms with Gasteiger partial charge in [0.15, 0.2) is 4.80 Å². The average Bonchev–Trinajstić information content (AvgIpc) is 3.13. The SMILES string of the molecule is CCOC(=O)C1=C(C)N=c2s/c(=C\c3ccc(O)cc3)c(=O)n2[C@H]1c1cc(OC)ccc1OC. The maximum absolute atomic E-state index is 13.6. The molecule has 0 aliphatic carbocycles. The molecule has 0 saturated heterocycles. The normalized spacial score (nSPS) is 15.5. The lowest BCUT2D eigenvalue weighted by molar-refractivity contribution is -0.139. The monoisotopic (exact) mass is 480 g/mol. The largest absolute Gasteiger partial charge is 0.508 e. The predicted octanol–water partition coefficient (Wildman–Crippen LogP) is 2.52. The van der Waals surface area contributed by atoms with Crippen LogP contribution in [-0.4, -0.2) is 36.5 Å². The van der Waals surface area contributed by atoms with E-state index in [1.807, 2.05) is 0 Å². The number of aromatic hydroxyl groups is 1. The van der Waals surface area contributed by atoms with Crippen LogP contribution >= 0.6 is 11.3 Å². The molecule has 1 N–H and O–H groups in total. The smallest absolute Gasteiger partial charge is 0.338 e. The summed E-state index contributed by atoms with van der Waals surface area (Å²) in [6, 6.07) is 10.9. The lowest BCUT2D eigenvalue weighted by atomic mass is 9.94. The van der Waals surface area contributed by atoms with E-state index in [1.165, 1.54) is 23.0 Å². The highest BCUT2D eigenvalue weighted by molar-refractivity contribution is 7.07. The van der Waals surface area contributed by atoms with Crippen LogP contribution in [0.15, 0.2) is 63.5 Å². The summed E-state index contributed by atoms with van der Waals surface area (Å²) in [5, 5.41) is 9.55. The van der Waals surface area contributed by atoms with Crippen molar-refractivity contribution in [3.05, 3.63) is 84.5 Å². The molecule has 2 heterocycles. The number of fused-ring (bicyclic) bond motifs is 1. The molecule has 0 bridgehead atoms. The van der Waals surface area contributed by atoms with Gasteiger partial charge in [-0.2, -0.15) is 0 Å². The molecular formula is C25H24N2O6S. The lowest BCUT2D eigenvalue weighted by Crippen LogP contribution is -2.40. The van der Waals surface area contributed by atoms with Crippen molar-refractivity contribution in [3.63, 3.8) is 0 Å². The number of carbonyl (C=O) groups is 1. The van der Waals surface area contributed by atoms with Gasteiger partial charge in [-0.25, -0.2) is 9.79 Å².